The van der Waals surface area contributed by atoms with Crippen molar-refractivity contribution in [2.45, 2.75) is 38.7 Å². The van der Waals surface area contributed by atoms with Crippen molar-refractivity contribution in [3.05, 3.63) is 59.7 Å². The van der Waals surface area contributed by atoms with Crippen LogP contribution in [0.15, 0.2) is 48.5 Å². The van der Waals surface area contributed by atoms with Gasteiger partial charge in [-0.1, -0.05) is 43.3 Å². The molecule has 2 aromatic carbocycles. The minimum absolute atomic E-state index is 0.0412. The molecule has 0 spiro atoms. The molecule has 2 rings (SSSR count). The van der Waals surface area contributed by atoms with E-state index < -0.39 is 12.1 Å². The quantitative estimate of drug-likeness (QED) is 0.619. The van der Waals surface area contributed by atoms with Crippen molar-refractivity contribution >= 4 is 11.9 Å². The number of hydrogen-bond donors (Lipinski definition) is 1. The molecule has 6 nitrogen and oxygen atoms in total. The average Bonchev–Trinajstić information content (AvgIpc) is 2.74. The summed E-state index contributed by atoms with van der Waals surface area (Å²) in [7, 11) is 3.08. The van der Waals surface area contributed by atoms with Crippen LogP contribution in [-0.2, 0) is 20.7 Å². The minimum Gasteiger partial charge on any atom is -0.493 e. The van der Waals surface area contributed by atoms with Crippen LogP contribution in [-0.4, -0.2) is 38.7 Å². The zero-order valence-electron chi connectivity index (χ0n) is 17.4. The van der Waals surface area contributed by atoms with Crippen LogP contribution in [0.3, 0.4) is 0 Å². The monoisotopic (exact) mass is 399 g/mol. The maximum absolute atomic E-state index is 12.3. The molecule has 0 heterocycles. The van der Waals surface area contributed by atoms with E-state index in [2.05, 4.69) is 12.2 Å². The number of benzene rings is 2. The van der Waals surface area contributed by atoms with Gasteiger partial charge in [-0.15, -0.1) is 0 Å². The van der Waals surface area contributed by atoms with E-state index in [9.17, 15) is 9.59 Å². The predicted octanol–water partition coefficient (Wildman–Crippen LogP) is 3.49. The van der Waals surface area contributed by atoms with E-state index in [1.54, 1.807) is 32.2 Å². The number of hydrogen-bond acceptors (Lipinski definition) is 5. The van der Waals surface area contributed by atoms with Crippen molar-refractivity contribution in [1.82, 2.24) is 5.32 Å². The summed E-state index contributed by atoms with van der Waals surface area (Å²) >= 11 is 0. The Bertz CT molecular complexity index is 806. The first-order valence-electron chi connectivity index (χ1n) is 9.71. The molecule has 0 aliphatic heterocycles. The summed E-state index contributed by atoms with van der Waals surface area (Å²) < 4.78 is 15.7. The first-order valence-corrected chi connectivity index (χ1v) is 9.71. The lowest BCUT2D eigenvalue weighted by molar-refractivity contribution is -0.154. The highest BCUT2D eigenvalue weighted by atomic mass is 16.5. The van der Waals surface area contributed by atoms with E-state index in [1.807, 2.05) is 30.3 Å². The molecule has 0 unspecified atom stereocenters. The topological polar surface area (TPSA) is 73.9 Å². The van der Waals surface area contributed by atoms with Gasteiger partial charge in [0, 0.05) is 12.5 Å². The van der Waals surface area contributed by atoms with E-state index in [4.69, 9.17) is 14.2 Å². The van der Waals surface area contributed by atoms with E-state index in [0.29, 0.717) is 18.0 Å². The number of amides is 1. The maximum atomic E-state index is 12.3. The molecular weight excluding hydrogens is 370 g/mol. The van der Waals surface area contributed by atoms with Gasteiger partial charge >= 0.3 is 5.97 Å². The average molecular weight is 399 g/mol. The van der Waals surface area contributed by atoms with Gasteiger partial charge in [0.1, 0.15) is 0 Å². The Morgan fingerprint density at radius 3 is 2.31 bits per heavy atom. The summed E-state index contributed by atoms with van der Waals surface area (Å²) in [5, 5.41) is 2.88. The third-order valence-corrected chi connectivity index (χ3v) is 4.76. The van der Waals surface area contributed by atoms with Crippen LogP contribution in [0.2, 0.25) is 0 Å². The van der Waals surface area contributed by atoms with Crippen LogP contribution in [0.1, 0.15) is 37.3 Å². The summed E-state index contributed by atoms with van der Waals surface area (Å²) in [4.78, 5) is 24.6. The minimum atomic E-state index is -0.865. The number of rotatable bonds is 10. The molecule has 1 amide bonds. The summed E-state index contributed by atoms with van der Waals surface area (Å²) in [6.45, 7) is 4.15. The summed E-state index contributed by atoms with van der Waals surface area (Å²) in [5.74, 6) is 0.557. The summed E-state index contributed by atoms with van der Waals surface area (Å²) in [6.07, 6.45) is 0.0769. The third-order valence-electron chi connectivity index (χ3n) is 4.76. The smallest absolute Gasteiger partial charge is 0.311 e. The van der Waals surface area contributed by atoms with Gasteiger partial charge in [-0.3, -0.25) is 9.59 Å². The Kier molecular flexibility index (Phi) is 8.52. The molecule has 1 N–H and O–H groups in total. The van der Waals surface area contributed by atoms with Crippen molar-refractivity contribution in [3.63, 3.8) is 0 Å². The fourth-order valence-corrected chi connectivity index (χ4v) is 3.04. The predicted molar refractivity (Wildman–Crippen MR) is 111 cm³/mol. The number of ether oxygens (including phenoxy) is 3. The van der Waals surface area contributed by atoms with Gasteiger partial charge in [0.05, 0.1) is 20.6 Å². The van der Waals surface area contributed by atoms with Crippen LogP contribution < -0.4 is 14.8 Å². The molecule has 2 aromatic rings. The highest BCUT2D eigenvalue weighted by Gasteiger charge is 2.20. The Labute approximate surface area is 172 Å². The van der Waals surface area contributed by atoms with Crippen LogP contribution in [0.25, 0.3) is 0 Å². The Morgan fingerprint density at radius 2 is 1.69 bits per heavy atom. The summed E-state index contributed by atoms with van der Waals surface area (Å²) in [5.41, 5.74) is 1.89. The Balaban J connectivity index is 1.86. The molecule has 2 atom stereocenters. The SMILES string of the molecule is CC[C@@H](CNC(=O)[C@@H](C)OC(=O)Cc1ccc(OC)c(OC)c1)c1ccccc1. The lowest BCUT2D eigenvalue weighted by Gasteiger charge is -2.18. The molecular formula is C23H29NO5. The molecule has 0 fully saturated rings. The van der Waals surface area contributed by atoms with Crippen molar-refractivity contribution in [2.24, 2.45) is 0 Å². The second-order valence-electron chi connectivity index (χ2n) is 6.76. The second kappa shape index (κ2) is 11.1. The molecule has 0 radical (unpaired) electrons. The number of methoxy groups -OCH3 is 2. The number of carbonyl (C=O) groups excluding carboxylic acids is 2. The van der Waals surface area contributed by atoms with Gasteiger partial charge in [-0.2, -0.15) is 0 Å². The van der Waals surface area contributed by atoms with Crippen molar-refractivity contribution in [3.8, 4) is 11.5 Å². The highest BCUT2D eigenvalue weighted by Crippen LogP contribution is 2.27. The first-order chi connectivity index (χ1) is 14.0. The molecule has 0 bridgehead atoms. The standard InChI is InChI=1S/C23H29NO5/c1-5-18(19-9-7-6-8-10-19)15-24-23(26)16(2)29-22(25)14-17-11-12-20(27-3)21(13-17)28-4/h6-13,16,18H,5,14-15H2,1-4H3,(H,24,26)/t16-,18+/m1/s1. The van der Waals surface area contributed by atoms with Gasteiger partial charge < -0.3 is 19.5 Å². The van der Waals surface area contributed by atoms with E-state index in [1.165, 1.54) is 12.7 Å². The zero-order chi connectivity index (χ0) is 21.2. The van der Waals surface area contributed by atoms with Gasteiger partial charge in [-0.05, 0) is 36.6 Å². The second-order valence-corrected chi connectivity index (χ2v) is 6.76. The molecule has 156 valence electrons. The fraction of sp³-hybridized carbons (Fsp3) is 0.391. The van der Waals surface area contributed by atoms with Crippen molar-refractivity contribution in [2.75, 3.05) is 20.8 Å². The number of carbonyl (C=O) groups is 2. The largest absolute Gasteiger partial charge is 0.493 e. The Morgan fingerprint density at radius 1 is 1.00 bits per heavy atom. The number of esters is 1. The van der Waals surface area contributed by atoms with E-state index >= 15 is 0 Å². The molecule has 6 heteroatoms. The molecule has 0 saturated carbocycles. The van der Waals surface area contributed by atoms with Crippen LogP contribution in [0, 0.1) is 0 Å². The molecule has 0 aliphatic rings. The Hall–Kier alpha value is -3.02. The molecule has 0 saturated heterocycles. The van der Waals surface area contributed by atoms with Gasteiger partial charge in [0.15, 0.2) is 17.6 Å². The zero-order valence-corrected chi connectivity index (χ0v) is 17.4. The van der Waals surface area contributed by atoms with Gasteiger partial charge in [0.2, 0.25) is 0 Å². The van der Waals surface area contributed by atoms with Crippen LogP contribution >= 0.6 is 0 Å². The fourth-order valence-electron chi connectivity index (χ4n) is 3.04. The van der Waals surface area contributed by atoms with E-state index in [-0.39, 0.29) is 18.2 Å². The normalized spacial score (nSPS) is 12.6. The third kappa shape index (κ3) is 6.52. The molecule has 29 heavy (non-hydrogen) atoms. The van der Waals surface area contributed by atoms with Gasteiger partial charge in [0.25, 0.3) is 5.91 Å². The van der Waals surface area contributed by atoms with Crippen LogP contribution in [0.5, 0.6) is 11.5 Å². The van der Waals surface area contributed by atoms with Crippen LogP contribution in [0.4, 0.5) is 0 Å². The lowest BCUT2D eigenvalue weighted by Crippen LogP contribution is -2.38. The van der Waals surface area contributed by atoms with Gasteiger partial charge in [-0.25, -0.2) is 0 Å². The highest BCUT2D eigenvalue weighted by molar-refractivity contribution is 5.84. The molecule has 0 aromatic heterocycles. The van der Waals surface area contributed by atoms with E-state index in [0.717, 1.165) is 12.0 Å². The maximum Gasteiger partial charge on any atom is 0.311 e. The number of nitrogens with one attached hydrogen (secondary N) is 1. The van der Waals surface area contributed by atoms with Crippen molar-refractivity contribution < 1.29 is 23.8 Å². The molecule has 0 aliphatic carbocycles. The first kappa shape index (κ1) is 22.3. The summed E-state index contributed by atoms with van der Waals surface area (Å²) in [6, 6.07) is 15.2. The lowest BCUT2D eigenvalue weighted by atomic mass is 9.96. The van der Waals surface area contributed by atoms with Crippen molar-refractivity contribution in [1.29, 1.82) is 0 Å².